The Bertz CT molecular complexity index is 310. The van der Waals surface area contributed by atoms with Crippen molar-refractivity contribution in [1.82, 2.24) is 0 Å². The number of hydrogen-bond acceptors (Lipinski definition) is 3. The molecule has 0 fully saturated rings. The average molecular weight is 197 g/mol. The van der Waals surface area contributed by atoms with Gasteiger partial charge in [-0.1, -0.05) is 26.8 Å². The van der Waals surface area contributed by atoms with Crippen molar-refractivity contribution in [3.05, 3.63) is 33.9 Å². The standard InChI is InChI=1S/C8H9NO3.C2H6/c1-2-6-3-4-8(10)7(5-6)9(11)12;1-2/h3-5,10H,2H2,1H3;1-2H3. The summed E-state index contributed by atoms with van der Waals surface area (Å²) in [6.45, 7) is 5.90. The Kier molecular flexibility index (Phi) is 5.29. The molecular weight excluding hydrogens is 182 g/mol. The van der Waals surface area contributed by atoms with E-state index in [0.717, 1.165) is 12.0 Å². The van der Waals surface area contributed by atoms with Crippen molar-refractivity contribution in [3.8, 4) is 5.75 Å². The molecule has 0 unspecified atom stereocenters. The molecule has 0 saturated heterocycles. The van der Waals surface area contributed by atoms with Gasteiger partial charge in [0.25, 0.3) is 0 Å². The minimum atomic E-state index is -0.589. The molecule has 0 aliphatic carbocycles. The SMILES string of the molecule is CC.CCc1ccc(O)c([N+](=O)[O-])c1. The van der Waals surface area contributed by atoms with Gasteiger partial charge in [0, 0.05) is 6.07 Å². The first-order valence-corrected chi connectivity index (χ1v) is 4.61. The van der Waals surface area contributed by atoms with Gasteiger partial charge in [0.15, 0.2) is 5.75 Å². The van der Waals surface area contributed by atoms with Crippen LogP contribution >= 0.6 is 0 Å². The summed E-state index contributed by atoms with van der Waals surface area (Å²) in [5, 5.41) is 19.4. The largest absolute Gasteiger partial charge is 0.502 e. The quantitative estimate of drug-likeness (QED) is 0.585. The summed E-state index contributed by atoms with van der Waals surface area (Å²) in [6, 6.07) is 4.40. The lowest BCUT2D eigenvalue weighted by Crippen LogP contribution is -1.90. The maximum absolute atomic E-state index is 10.3. The number of phenolic OH excluding ortho intramolecular Hbond substituents is 1. The van der Waals surface area contributed by atoms with Crippen molar-refractivity contribution in [1.29, 1.82) is 0 Å². The van der Waals surface area contributed by atoms with Gasteiger partial charge in [-0.15, -0.1) is 0 Å². The number of benzene rings is 1. The first-order chi connectivity index (χ1) is 6.65. The van der Waals surface area contributed by atoms with Crippen LogP contribution in [0, 0.1) is 10.1 Å². The number of nitro groups is 1. The molecule has 0 aromatic heterocycles. The highest BCUT2D eigenvalue weighted by Gasteiger charge is 2.12. The number of hydrogen-bond donors (Lipinski definition) is 1. The van der Waals surface area contributed by atoms with Crippen LogP contribution in [0.1, 0.15) is 26.3 Å². The number of aryl methyl sites for hydroxylation is 1. The van der Waals surface area contributed by atoms with Crippen LogP contribution < -0.4 is 0 Å². The van der Waals surface area contributed by atoms with Gasteiger partial charge in [0.1, 0.15) is 0 Å². The summed E-state index contributed by atoms with van der Waals surface area (Å²) < 4.78 is 0. The lowest BCUT2D eigenvalue weighted by atomic mass is 10.1. The summed E-state index contributed by atoms with van der Waals surface area (Å²) in [5.41, 5.74) is 0.619. The first-order valence-electron chi connectivity index (χ1n) is 4.61. The van der Waals surface area contributed by atoms with Crippen LogP contribution in [0.5, 0.6) is 5.75 Å². The molecule has 0 atom stereocenters. The zero-order chi connectivity index (χ0) is 11.1. The third-order valence-electron chi connectivity index (χ3n) is 1.64. The topological polar surface area (TPSA) is 63.4 Å². The second-order valence-corrected chi connectivity index (χ2v) is 2.43. The number of phenols is 1. The molecule has 0 radical (unpaired) electrons. The van der Waals surface area contributed by atoms with E-state index < -0.39 is 4.92 Å². The maximum Gasteiger partial charge on any atom is 0.310 e. The zero-order valence-corrected chi connectivity index (χ0v) is 8.65. The van der Waals surface area contributed by atoms with Gasteiger partial charge in [0.05, 0.1) is 4.92 Å². The van der Waals surface area contributed by atoms with E-state index >= 15 is 0 Å². The third kappa shape index (κ3) is 3.05. The molecule has 14 heavy (non-hydrogen) atoms. The molecule has 0 aliphatic rings. The van der Waals surface area contributed by atoms with Crippen LogP contribution in [0.4, 0.5) is 5.69 Å². The van der Waals surface area contributed by atoms with E-state index in [0.29, 0.717) is 0 Å². The Morgan fingerprint density at radius 1 is 1.43 bits per heavy atom. The number of rotatable bonds is 2. The van der Waals surface area contributed by atoms with Crippen LogP contribution in [0.2, 0.25) is 0 Å². The lowest BCUT2D eigenvalue weighted by molar-refractivity contribution is -0.385. The van der Waals surface area contributed by atoms with Gasteiger partial charge in [-0.25, -0.2) is 0 Å². The van der Waals surface area contributed by atoms with Gasteiger partial charge < -0.3 is 5.11 Å². The Labute approximate surface area is 83.3 Å². The number of nitrogens with zero attached hydrogens (tertiary/aromatic N) is 1. The molecule has 0 amide bonds. The summed E-state index contributed by atoms with van der Waals surface area (Å²) >= 11 is 0. The highest BCUT2D eigenvalue weighted by molar-refractivity contribution is 5.47. The van der Waals surface area contributed by atoms with Crippen LogP contribution in [-0.2, 0) is 6.42 Å². The van der Waals surface area contributed by atoms with Gasteiger partial charge in [0.2, 0.25) is 0 Å². The number of aromatic hydroxyl groups is 1. The Balaban J connectivity index is 0.000000791. The molecule has 0 saturated carbocycles. The highest BCUT2D eigenvalue weighted by atomic mass is 16.6. The molecule has 4 nitrogen and oxygen atoms in total. The molecule has 1 aromatic carbocycles. The summed E-state index contributed by atoms with van der Waals surface area (Å²) in [4.78, 5) is 9.75. The second kappa shape index (κ2) is 5.96. The fourth-order valence-corrected chi connectivity index (χ4v) is 0.935. The van der Waals surface area contributed by atoms with Crippen LogP contribution in [-0.4, -0.2) is 10.0 Å². The maximum atomic E-state index is 10.3. The van der Waals surface area contributed by atoms with Crippen LogP contribution in [0.3, 0.4) is 0 Å². The predicted octanol–water partition coefficient (Wildman–Crippen LogP) is 2.89. The molecule has 0 spiro atoms. The Hall–Kier alpha value is -1.58. The normalized spacial score (nSPS) is 8.79. The summed E-state index contributed by atoms with van der Waals surface area (Å²) in [7, 11) is 0. The molecule has 1 N–H and O–H groups in total. The molecule has 1 rings (SSSR count). The lowest BCUT2D eigenvalue weighted by Gasteiger charge is -1.98. The van der Waals surface area contributed by atoms with E-state index in [2.05, 4.69) is 0 Å². The summed E-state index contributed by atoms with van der Waals surface area (Å²) in [6.07, 6.45) is 0.723. The first kappa shape index (κ1) is 12.4. The van der Waals surface area contributed by atoms with E-state index in [-0.39, 0.29) is 11.4 Å². The van der Waals surface area contributed by atoms with E-state index in [9.17, 15) is 10.1 Å². The minimum absolute atomic E-state index is 0.227. The average Bonchev–Trinajstić information content (AvgIpc) is 2.21. The Morgan fingerprint density at radius 2 is 2.00 bits per heavy atom. The fourth-order valence-electron chi connectivity index (χ4n) is 0.935. The predicted molar refractivity (Wildman–Crippen MR) is 55.5 cm³/mol. The summed E-state index contributed by atoms with van der Waals surface area (Å²) in [5.74, 6) is -0.280. The van der Waals surface area contributed by atoms with E-state index in [1.165, 1.54) is 12.1 Å². The zero-order valence-electron chi connectivity index (χ0n) is 8.65. The minimum Gasteiger partial charge on any atom is -0.502 e. The Morgan fingerprint density at radius 3 is 2.43 bits per heavy atom. The molecule has 0 aliphatic heterocycles. The van der Waals surface area contributed by atoms with Gasteiger partial charge in [-0.05, 0) is 18.1 Å². The molecule has 78 valence electrons. The van der Waals surface area contributed by atoms with Gasteiger partial charge in [-0.2, -0.15) is 0 Å². The fraction of sp³-hybridized carbons (Fsp3) is 0.400. The van der Waals surface area contributed by atoms with Crippen LogP contribution in [0.25, 0.3) is 0 Å². The van der Waals surface area contributed by atoms with E-state index in [1.54, 1.807) is 6.07 Å². The van der Waals surface area contributed by atoms with Crippen molar-refractivity contribution in [2.45, 2.75) is 27.2 Å². The van der Waals surface area contributed by atoms with Crippen molar-refractivity contribution in [2.75, 3.05) is 0 Å². The molecule has 0 heterocycles. The molecule has 1 aromatic rings. The van der Waals surface area contributed by atoms with Gasteiger partial charge >= 0.3 is 5.69 Å². The third-order valence-corrected chi connectivity index (χ3v) is 1.64. The van der Waals surface area contributed by atoms with Crippen LogP contribution in [0.15, 0.2) is 18.2 Å². The second-order valence-electron chi connectivity index (χ2n) is 2.43. The molecular formula is C10H15NO3. The monoisotopic (exact) mass is 197 g/mol. The number of nitro benzene ring substituents is 1. The highest BCUT2D eigenvalue weighted by Crippen LogP contribution is 2.26. The molecule has 4 heteroatoms. The van der Waals surface area contributed by atoms with E-state index in [4.69, 9.17) is 5.11 Å². The smallest absolute Gasteiger partial charge is 0.310 e. The molecule has 0 bridgehead atoms. The van der Waals surface area contributed by atoms with Crippen molar-refractivity contribution >= 4 is 5.69 Å². The van der Waals surface area contributed by atoms with Crippen molar-refractivity contribution in [3.63, 3.8) is 0 Å². The van der Waals surface area contributed by atoms with Crippen molar-refractivity contribution < 1.29 is 10.0 Å². The van der Waals surface area contributed by atoms with Crippen molar-refractivity contribution in [2.24, 2.45) is 0 Å². The van der Waals surface area contributed by atoms with E-state index in [1.807, 2.05) is 20.8 Å². The van der Waals surface area contributed by atoms with Gasteiger partial charge in [-0.3, -0.25) is 10.1 Å².